The number of ether oxygens (including phenoxy) is 1. The maximum Gasteiger partial charge on any atom is 0.235 e. The SMILES string of the molecule is COc1ccc(S[C@H](C)C(=O)N(C)C2CCCCC2)cc1. The molecule has 0 spiro atoms. The van der Waals surface area contributed by atoms with Crippen molar-refractivity contribution in [2.45, 2.75) is 55.2 Å². The maximum absolute atomic E-state index is 12.6. The van der Waals surface area contributed by atoms with Gasteiger partial charge in [-0.05, 0) is 44.0 Å². The summed E-state index contributed by atoms with van der Waals surface area (Å²) in [7, 11) is 3.62. The summed E-state index contributed by atoms with van der Waals surface area (Å²) in [6.45, 7) is 2.00. The highest BCUT2D eigenvalue weighted by atomic mass is 32.2. The molecule has 1 fully saturated rings. The van der Waals surface area contributed by atoms with E-state index in [1.54, 1.807) is 18.9 Å². The van der Waals surface area contributed by atoms with Gasteiger partial charge < -0.3 is 9.64 Å². The average Bonchev–Trinajstić information content (AvgIpc) is 2.55. The predicted molar refractivity (Wildman–Crippen MR) is 88.0 cm³/mol. The lowest BCUT2D eigenvalue weighted by molar-refractivity contribution is -0.131. The van der Waals surface area contributed by atoms with Crippen molar-refractivity contribution in [3.63, 3.8) is 0 Å². The Kier molecular flexibility index (Phi) is 5.97. The summed E-state index contributed by atoms with van der Waals surface area (Å²) in [5, 5.41) is -0.0506. The van der Waals surface area contributed by atoms with Crippen LogP contribution in [0.2, 0.25) is 0 Å². The molecule has 0 aliphatic heterocycles. The molecule has 1 aliphatic rings. The van der Waals surface area contributed by atoms with Gasteiger partial charge in [0.15, 0.2) is 0 Å². The van der Waals surface area contributed by atoms with E-state index < -0.39 is 0 Å². The molecule has 116 valence electrons. The fourth-order valence-electron chi connectivity index (χ4n) is 2.84. The molecule has 0 saturated heterocycles. The number of nitrogens with zero attached hydrogens (tertiary/aromatic N) is 1. The summed E-state index contributed by atoms with van der Waals surface area (Å²) in [6.07, 6.45) is 6.13. The molecule has 0 heterocycles. The van der Waals surface area contributed by atoms with Crippen LogP contribution >= 0.6 is 11.8 Å². The van der Waals surface area contributed by atoms with Gasteiger partial charge in [-0.3, -0.25) is 4.79 Å². The number of rotatable bonds is 5. The van der Waals surface area contributed by atoms with E-state index in [9.17, 15) is 4.79 Å². The first-order valence-corrected chi connectivity index (χ1v) is 8.57. The van der Waals surface area contributed by atoms with Crippen LogP contribution in [0.25, 0.3) is 0 Å². The van der Waals surface area contributed by atoms with E-state index in [4.69, 9.17) is 4.74 Å². The van der Waals surface area contributed by atoms with Crippen LogP contribution in [-0.4, -0.2) is 36.3 Å². The summed E-state index contributed by atoms with van der Waals surface area (Å²) in [5.74, 6) is 1.08. The highest BCUT2D eigenvalue weighted by Crippen LogP contribution is 2.28. The number of benzene rings is 1. The summed E-state index contributed by atoms with van der Waals surface area (Å²) < 4.78 is 5.15. The van der Waals surface area contributed by atoms with E-state index in [1.165, 1.54) is 19.3 Å². The highest BCUT2D eigenvalue weighted by molar-refractivity contribution is 8.00. The first-order valence-electron chi connectivity index (χ1n) is 7.69. The minimum Gasteiger partial charge on any atom is -0.497 e. The van der Waals surface area contributed by atoms with Gasteiger partial charge in [-0.15, -0.1) is 11.8 Å². The molecule has 21 heavy (non-hydrogen) atoms. The third-order valence-corrected chi connectivity index (χ3v) is 5.29. The first kappa shape index (κ1) is 16.2. The van der Waals surface area contributed by atoms with Crippen molar-refractivity contribution >= 4 is 17.7 Å². The lowest BCUT2D eigenvalue weighted by Crippen LogP contribution is -2.42. The van der Waals surface area contributed by atoms with E-state index in [2.05, 4.69) is 0 Å². The second-order valence-electron chi connectivity index (χ2n) is 5.68. The lowest BCUT2D eigenvalue weighted by atomic mass is 9.94. The molecule has 1 aromatic carbocycles. The molecule has 1 aromatic rings. The Morgan fingerprint density at radius 1 is 1.24 bits per heavy atom. The van der Waals surface area contributed by atoms with Crippen LogP contribution in [0.3, 0.4) is 0 Å². The molecule has 4 heteroatoms. The molecule has 2 rings (SSSR count). The third-order valence-electron chi connectivity index (χ3n) is 4.19. The van der Waals surface area contributed by atoms with Crippen LogP contribution in [0.1, 0.15) is 39.0 Å². The number of thioether (sulfide) groups is 1. The highest BCUT2D eigenvalue weighted by Gasteiger charge is 2.25. The molecule has 0 bridgehead atoms. The van der Waals surface area contributed by atoms with Gasteiger partial charge in [0, 0.05) is 18.0 Å². The number of amides is 1. The largest absolute Gasteiger partial charge is 0.497 e. The van der Waals surface area contributed by atoms with Gasteiger partial charge in [-0.25, -0.2) is 0 Å². The van der Waals surface area contributed by atoms with Gasteiger partial charge in [0.1, 0.15) is 5.75 Å². The molecule has 1 atom stereocenters. The Morgan fingerprint density at radius 3 is 2.43 bits per heavy atom. The molecule has 1 aliphatic carbocycles. The maximum atomic E-state index is 12.6. The average molecular weight is 307 g/mol. The molecule has 1 amide bonds. The molecular weight excluding hydrogens is 282 g/mol. The van der Waals surface area contributed by atoms with E-state index in [-0.39, 0.29) is 11.2 Å². The fourth-order valence-corrected chi connectivity index (χ4v) is 3.81. The van der Waals surface area contributed by atoms with Crippen molar-refractivity contribution in [3.05, 3.63) is 24.3 Å². The number of carbonyl (C=O) groups excluding carboxylic acids is 1. The zero-order chi connectivity index (χ0) is 15.2. The molecule has 0 radical (unpaired) electrons. The third kappa shape index (κ3) is 4.40. The zero-order valence-electron chi connectivity index (χ0n) is 13.2. The van der Waals surface area contributed by atoms with Crippen molar-refractivity contribution < 1.29 is 9.53 Å². The smallest absolute Gasteiger partial charge is 0.235 e. The second kappa shape index (κ2) is 7.74. The normalized spacial score (nSPS) is 17.3. The number of carbonyl (C=O) groups is 1. The van der Waals surface area contributed by atoms with Gasteiger partial charge >= 0.3 is 0 Å². The Balaban J connectivity index is 1.91. The summed E-state index contributed by atoms with van der Waals surface area (Å²) in [4.78, 5) is 15.6. The minimum absolute atomic E-state index is 0.0506. The number of methoxy groups -OCH3 is 1. The Morgan fingerprint density at radius 2 is 1.86 bits per heavy atom. The summed E-state index contributed by atoms with van der Waals surface area (Å²) in [5.41, 5.74) is 0. The monoisotopic (exact) mass is 307 g/mol. The number of hydrogen-bond donors (Lipinski definition) is 0. The van der Waals surface area contributed by atoms with Gasteiger partial charge in [-0.1, -0.05) is 19.3 Å². The van der Waals surface area contributed by atoms with Crippen molar-refractivity contribution in [1.82, 2.24) is 4.90 Å². The molecule has 0 aromatic heterocycles. The number of hydrogen-bond acceptors (Lipinski definition) is 3. The molecule has 3 nitrogen and oxygen atoms in total. The van der Waals surface area contributed by atoms with Gasteiger partial charge in [-0.2, -0.15) is 0 Å². The van der Waals surface area contributed by atoms with Crippen molar-refractivity contribution in [2.24, 2.45) is 0 Å². The van der Waals surface area contributed by atoms with E-state index in [0.29, 0.717) is 6.04 Å². The topological polar surface area (TPSA) is 29.5 Å². The van der Waals surface area contributed by atoms with Gasteiger partial charge in [0.05, 0.1) is 12.4 Å². The second-order valence-corrected chi connectivity index (χ2v) is 7.09. The van der Waals surface area contributed by atoms with Crippen LogP contribution in [0.5, 0.6) is 5.75 Å². The Hall–Kier alpha value is -1.16. The van der Waals surface area contributed by atoms with Crippen LogP contribution in [0.4, 0.5) is 0 Å². The Labute approximate surface area is 132 Å². The Bertz CT molecular complexity index is 454. The van der Waals surface area contributed by atoms with Gasteiger partial charge in [0.25, 0.3) is 0 Å². The van der Waals surface area contributed by atoms with Crippen molar-refractivity contribution in [3.8, 4) is 5.75 Å². The van der Waals surface area contributed by atoms with Crippen LogP contribution in [0, 0.1) is 0 Å². The lowest BCUT2D eigenvalue weighted by Gasteiger charge is -2.32. The minimum atomic E-state index is -0.0506. The predicted octanol–water partition coefficient (Wildman–Crippen LogP) is 3.97. The zero-order valence-corrected chi connectivity index (χ0v) is 14.0. The van der Waals surface area contributed by atoms with Crippen LogP contribution < -0.4 is 4.74 Å². The molecule has 1 saturated carbocycles. The molecule has 0 N–H and O–H groups in total. The molecule has 0 unspecified atom stereocenters. The van der Waals surface area contributed by atoms with Crippen molar-refractivity contribution in [1.29, 1.82) is 0 Å². The first-order chi connectivity index (χ1) is 10.1. The van der Waals surface area contributed by atoms with Crippen LogP contribution in [0.15, 0.2) is 29.2 Å². The van der Waals surface area contributed by atoms with Crippen molar-refractivity contribution in [2.75, 3.05) is 14.2 Å². The fraction of sp³-hybridized carbons (Fsp3) is 0.588. The van der Waals surface area contributed by atoms with E-state index in [1.807, 2.05) is 43.1 Å². The van der Waals surface area contributed by atoms with E-state index in [0.717, 1.165) is 23.5 Å². The summed E-state index contributed by atoms with van der Waals surface area (Å²) in [6, 6.07) is 8.32. The van der Waals surface area contributed by atoms with Crippen LogP contribution in [-0.2, 0) is 4.79 Å². The van der Waals surface area contributed by atoms with Gasteiger partial charge in [0.2, 0.25) is 5.91 Å². The summed E-state index contributed by atoms with van der Waals surface area (Å²) >= 11 is 1.62. The van der Waals surface area contributed by atoms with E-state index >= 15 is 0 Å². The quantitative estimate of drug-likeness (QED) is 0.771. The standard InChI is InChI=1S/C17H25NO2S/c1-13(21-16-11-9-15(20-3)10-12-16)17(19)18(2)14-7-5-4-6-8-14/h9-14H,4-8H2,1-3H3/t13-/m1/s1. The molecular formula is C17H25NO2S.